The quantitative estimate of drug-likeness (QED) is 0.272. The number of carbonyl (C=O) groups excluding carboxylic acids is 2. The van der Waals surface area contributed by atoms with Gasteiger partial charge in [-0.3, -0.25) is 19.2 Å². The maximum absolute atomic E-state index is 13.4. The maximum atomic E-state index is 13.4. The highest BCUT2D eigenvalue weighted by atomic mass is 32.2. The standard InChI is InChI=1S/C30H34F2N8O4S/c1-19-18-43-13-12-39(19)20-6-10-37(11-7-20)26(41)17-38-16-24(35-29(42)23-15-34-40-9-3-8-33-28(23)40)27(36-38)22-14-21(45-2)4-5-25(22)44-30(31)32/h3-5,8-9,14-16,19-20,30H,6-7,10-13,17-18H2,1-2H3,(H,35,42). The van der Waals surface area contributed by atoms with Gasteiger partial charge in [0, 0.05) is 60.8 Å². The number of halogens is 2. The van der Waals surface area contributed by atoms with E-state index in [1.807, 2.05) is 11.2 Å². The Morgan fingerprint density at radius 2 is 2.04 bits per heavy atom. The molecule has 3 aromatic heterocycles. The lowest BCUT2D eigenvalue weighted by molar-refractivity contribution is -0.134. The van der Waals surface area contributed by atoms with Gasteiger partial charge in [0.15, 0.2) is 5.65 Å². The maximum Gasteiger partial charge on any atom is 0.387 e. The van der Waals surface area contributed by atoms with Crippen molar-refractivity contribution in [3.8, 4) is 17.0 Å². The minimum absolute atomic E-state index is 0.0903. The third-order valence-corrected chi connectivity index (χ3v) is 8.92. The van der Waals surface area contributed by atoms with Gasteiger partial charge in [-0.15, -0.1) is 11.8 Å². The minimum atomic E-state index is -3.07. The van der Waals surface area contributed by atoms with Crippen LogP contribution in [0.5, 0.6) is 5.75 Å². The first kappa shape index (κ1) is 30.9. The summed E-state index contributed by atoms with van der Waals surface area (Å²) in [6.45, 7) is 2.58. The van der Waals surface area contributed by atoms with Crippen LogP contribution < -0.4 is 10.1 Å². The molecule has 0 bridgehead atoms. The molecule has 1 atom stereocenters. The molecule has 2 fully saturated rings. The summed E-state index contributed by atoms with van der Waals surface area (Å²) in [6, 6.07) is 7.21. The van der Waals surface area contributed by atoms with Crippen LogP contribution in [0, 0.1) is 0 Å². The SMILES string of the molecule is CSc1ccc(OC(F)F)c(-c2nn(CC(=O)N3CCC(N4CCOCC4C)CC3)cc2NC(=O)c2cnn3cccnc23)c1. The number of aromatic nitrogens is 5. The number of thioether (sulfide) groups is 1. The predicted octanol–water partition coefficient (Wildman–Crippen LogP) is 3.88. The predicted molar refractivity (Wildman–Crippen MR) is 164 cm³/mol. The van der Waals surface area contributed by atoms with Crippen LogP contribution in [0.2, 0.25) is 0 Å². The Kier molecular flexibility index (Phi) is 9.28. The topological polar surface area (TPSA) is 119 Å². The largest absolute Gasteiger partial charge is 0.434 e. The summed E-state index contributed by atoms with van der Waals surface area (Å²) >= 11 is 1.42. The third kappa shape index (κ3) is 6.79. The number of carbonyl (C=O) groups is 2. The summed E-state index contributed by atoms with van der Waals surface area (Å²) in [6.07, 6.45) is 9.73. The van der Waals surface area contributed by atoms with Gasteiger partial charge in [-0.05, 0) is 50.3 Å². The van der Waals surface area contributed by atoms with Crippen LogP contribution in [0.4, 0.5) is 14.5 Å². The summed E-state index contributed by atoms with van der Waals surface area (Å²) in [5, 5.41) is 11.6. The first-order valence-corrected chi connectivity index (χ1v) is 15.9. The first-order chi connectivity index (χ1) is 21.8. The number of piperidine rings is 1. The average Bonchev–Trinajstić information content (AvgIpc) is 3.65. The molecule has 4 aromatic rings. The molecule has 0 radical (unpaired) electrons. The molecule has 12 nitrogen and oxygen atoms in total. The fourth-order valence-corrected chi connectivity index (χ4v) is 6.40. The Labute approximate surface area is 262 Å². The fraction of sp³-hybridized carbons (Fsp3) is 0.433. The highest BCUT2D eigenvalue weighted by Gasteiger charge is 2.31. The van der Waals surface area contributed by atoms with Crippen molar-refractivity contribution >= 4 is 34.9 Å². The van der Waals surface area contributed by atoms with E-state index in [0.29, 0.717) is 30.8 Å². The van der Waals surface area contributed by atoms with E-state index in [0.717, 1.165) is 37.5 Å². The third-order valence-electron chi connectivity index (χ3n) is 8.19. The number of morpholine rings is 1. The summed E-state index contributed by atoms with van der Waals surface area (Å²) < 4.78 is 40.1. The van der Waals surface area contributed by atoms with Crippen LogP contribution in [0.1, 0.15) is 30.1 Å². The Hall–Kier alpha value is -4.08. The number of fused-ring (bicyclic) bond motifs is 1. The number of nitrogens with zero attached hydrogens (tertiary/aromatic N) is 7. The van der Waals surface area contributed by atoms with Crippen molar-refractivity contribution in [3.63, 3.8) is 0 Å². The van der Waals surface area contributed by atoms with E-state index >= 15 is 0 Å². The highest BCUT2D eigenvalue weighted by Crippen LogP contribution is 2.38. The van der Waals surface area contributed by atoms with Crippen molar-refractivity contribution < 1.29 is 27.8 Å². The lowest BCUT2D eigenvalue weighted by atomic mass is 10.0. The average molecular weight is 641 g/mol. The molecule has 45 heavy (non-hydrogen) atoms. The van der Waals surface area contributed by atoms with Crippen LogP contribution in [-0.2, 0) is 16.1 Å². The molecular formula is C30H34F2N8O4S. The number of amides is 2. The molecule has 0 aliphatic carbocycles. The van der Waals surface area contributed by atoms with Gasteiger partial charge in [-0.2, -0.15) is 19.0 Å². The molecule has 15 heteroatoms. The van der Waals surface area contributed by atoms with Crippen molar-refractivity contribution in [2.24, 2.45) is 0 Å². The molecule has 1 unspecified atom stereocenters. The minimum Gasteiger partial charge on any atom is -0.434 e. The van der Waals surface area contributed by atoms with Crippen LogP contribution in [0.15, 0.2) is 53.9 Å². The zero-order valence-corrected chi connectivity index (χ0v) is 25.8. The van der Waals surface area contributed by atoms with Gasteiger partial charge in [0.05, 0.1) is 25.1 Å². The van der Waals surface area contributed by atoms with Gasteiger partial charge in [0.1, 0.15) is 23.6 Å². The molecule has 6 rings (SSSR count). The number of ether oxygens (including phenoxy) is 2. The molecule has 0 spiro atoms. The van der Waals surface area contributed by atoms with Crippen molar-refractivity contribution in [2.75, 3.05) is 44.4 Å². The molecule has 2 saturated heterocycles. The molecule has 0 saturated carbocycles. The van der Waals surface area contributed by atoms with Crippen molar-refractivity contribution in [1.82, 2.24) is 34.2 Å². The normalized spacial score (nSPS) is 18.1. The number of hydrogen-bond donors (Lipinski definition) is 1. The second kappa shape index (κ2) is 13.5. The summed E-state index contributed by atoms with van der Waals surface area (Å²) in [5.74, 6) is -0.747. The highest BCUT2D eigenvalue weighted by molar-refractivity contribution is 7.98. The molecule has 1 N–H and O–H groups in total. The number of anilines is 1. The number of likely N-dealkylation sites (tertiary alicyclic amines) is 1. The van der Waals surface area contributed by atoms with Crippen LogP contribution in [0.3, 0.4) is 0 Å². The zero-order chi connectivity index (χ0) is 31.5. The van der Waals surface area contributed by atoms with Gasteiger partial charge in [0.2, 0.25) is 5.91 Å². The van der Waals surface area contributed by atoms with Crippen molar-refractivity contribution in [3.05, 3.63) is 54.6 Å². The number of rotatable bonds is 9. The monoisotopic (exact) mass is 640 g/mol. The second-order valence-corrected chi connectivity index (χ2v) is 11.9. The van der Waals surface area contributed by atoms with E-state index in [4.69, 9.17) is 9.47 Å². The van der Waals surface area contributed by atoms with Crippen LogP contribution in [-0.4, -0.2) is 104 Å². The molecule has 2 aliphatic heterocycles. The summed E-state index contributed by atoms with van der Waals surface area (Å²) in [7, 11) is 0. The Morgan fingerprint density at radius 3 is 2.80 bits per heavy atom. The zero-order valence-electron chi connectivity index (χ0n) is 24.9. The summed E-state index contributed by atoms with van der Waals surface area (Å²) in [5.41, 5.74) is 1.22. The smallest absolute Gasteiger partial charge is 0.387 e. The number of alkyl halides is 2. The lowest BCUT2D eigenvalue weighted by Crippen LogP contribution is -2.53. The Bertz CT molecular complexity index is 1670. The Morgan fingerprint density at radius 1 is 1.22 bits per heavy atom. The number of nitrogens with one attached hydrogen (secondary N) is 1. The van der Waals surface area contributed by atoms with E-state index < -0.39 is 12.5 Å². The first-order valence-electron chi connectivity index (χ1n) is 14.7. The van der Waals surface area contributed by atoms with Crippen LogP contribution >= 0.6 is 11.8 Å². The molecule has 238 valence electrons. The lowest BCUT2D eigenvalue weighted by Gasteiger charge is -2.43. The molecule has 2 aliphatic rings. The van der Waals surface area contributed by atoms with E-state index in [-0.39, 0.29) is 40.7 Å². The summed E-state index contributed by atoms with van der Waals surface area (Å²) in [4.78, 5) is 36.2. The van der Waals surface area contributed by atoms with Gasteiger partial charge in [-0.1, -0.05) is 0 Å². The van der Waals surface area contributed by atoms with E-state index in [2.05, 4.69) is 32.3 Å². The van der Waals surface area contributed by atoms with Crippen molar-refractivity contribution in [1.29, 1.82) is 0 Å². The van der Waals surface area contributed by atoms with Crippen LogP contribution in [0.25, 0.3) is 16.9 Å². The fourth-order valence-electron chi connectivity index (χ4n) is 5.96. The number of hydrogen-bond acceptors (Lipinski definition) is 9. The molecule has 2 amide bonds. The van der Waals surface area contributed by atoms with E-state index in [1.54, 1.807) is 30.6 Å². The van der Waals surface area contributed by atoms with Gasteiger partial charge >= 0.3 is 6.61 Å². The second-order valence-electron chi connectivity index (χ2n) is 11.0. The van der Waals surface area contributed by atoms with Gasteiger partial charge < -0.3 is 19.7 Å². The van der Waals surface area contributed by atoms with Crippen molar-refractivity contribution in [2.45, 2.75) is 49.9 Å². The number of benzene rings is 1. The van der Waals surface area contributed by atoms with Gasteiger partial charge in [0.25, 0.3) is 5.91 Å². The van der Waals surface area contributed by atoms with Gasteiger partial charge in [-0.25, -0.2) is 9.50 Å². The van der Waals surface area contributed by atoms with E-state index in [9.17, 15) is 18.4 Å². The molecule has 5 heterocycles. The van der Waals surface area contributed by atoms with E-state index in [1.165, 1.54) is 39.4 Å². The molecular weight excluding hydrogens is 606 g/mol. The molecule has 1 aromatic carbocycles. The Balaban J connectivity index is 1.26.